The van der Waals surface area contributed by atoms with Gasteiger partial charge in [-0.3, -0.25) is 53.9 Å². The van der Waals surface area contributed by atoms with Crippen LogP contribution in [0.15, 0.2) is 186 Å². The van der Waals surface area contributed by atoms with E-state index in [0.29, 0.717) is 53.7 Å². The number of ether oxygens (including phenoxy) is 1. The van der Waals surface area contributed by atoms with E-state index in [-0.39, 0.29) is 136 Å². The van der Waals surface area contributed by atoms with E-state index >= 15 is 0 Å². The van der Waals surface area contributed by atoms with Gasteiger partial charge in [0.2, 0.25) is 0 Å². The van der Waals surface area contributed by atoms with Crippen molar-refractivity contribution in [2.75, 3.05) is 93.4 Å². The van der Waals surface area contributed by atoms with Crippen molar-refractivity contribution >= 4 is 131 Å². The number of halogens is 2. The molecule has 0 bridgehead atoms. The Labute approximate surface area is 782 Å². The topological polar surface area (TPSA) is 283 Å². The number of fused-ring (bicyclic) bond motifs is 4. The van der Waals surface area contributed by atoms with Gasteiger partial charge in [0.25, 0.3) is 0 Å². The second-order valence-corrected chi connectivity index (χ2v) is 33.8. The fourth-order valence-electron chi connectivity index (χ4n) is 14.6. The Morgan fingerprint density at radius 2 is 0.846 bits per heavy atom. The molecule has 0 amide bonds. The van der Waals surface area contributed by atoms with Gasteiger partial charge in [-0.25, -0.2) is 4.98 Å². The molecule has 5 fully saturated rings. The van der Waals surface area contributed by atoms with Crippen molar-refractivity contribution in [3.8, 4) is 28.0 Å². The number of nitrogens with two attached hydrogens (primary N) is 1. The number of nitrogen functional groups attached to an aromatic ring is 1. The Bertz CT molecular complexity index is 5200. The Morgan fingerprint density at radius 1 is 0.488 bits per heavy atom. The Kier molecular flexibility index (Phi) is 44.6. The molecule has 0 atom stereocenters. The zero-order chi connectivity index (χ0) is 82.6. The average molecular weight is 1850 g/mol. The van der Waals surface area contributed by atoms with Crippen molar-refractivity contribution < 1.29 is 97.8 Å². The molecule has 7 aromatic heterocycles. The van der Waals surface area contributed by atoms with Gasteiger partial charge in [-0.1, -0.05) is 90.5 Å². The number of methoxy groups -OCH3 is 1. The van der Waals surface area contributed by atoms with E-state index in [1.54, 1.807) is 50.5 Å². The fraction of sp³-hybridized carbons (Fsp3) is 0.400. The Balaban J connectivity index is 0.000000391. The van der Waals surface area contributed by atoms with E-state index in [9.17, 15) is 29.1 Å². The van der Waals surface area contributed by atoms with Crippen LogP contribution in [0.1, 0.15) is 136 Å². The number of hydrogen-bond acceptors (Lipinski definition) is 21. The molecule has 5 saturated heterocycles. The molecule has 4 radical (unpaired) electrons. The van der Waals surface area contributed by atoms with Gasteiger partial charge >= 0.3 is 42.6 Å². The number of aromatic nitrogens is 7. The summed E-state index contributed by atoms with van der Waals surface area (Å²) in [7, 11) is 9.58. The van der Waals surface area contributed by atoms with Crippen molar-refractivity contribution in [3.63, 3.8) is 0 Å². The standard InChI is InChI=1S/C23H25N3O2.C23H23N3O2.C17H19BrN2O.C12H18BNO3.C9H7BrN2.C7H13NO2.3CH4.CH3.B.Na.V.H/c2*1-26-6-4-17(5-7-26)23(28)11-22-10-20-9-18(2-3-19(20)14-25-22)21-8-16(15-27)12-24-13-21;1-20-6-4-12(5-7-20)17(21)10-16-9-14-8-15(18)3-2-13(14)11-19-16;1-11(2)12(3,4)17-13(16-11)9-6-10(15-5)8-14-7-9;10-8-2-1-6-5-12-9(11)4-7(6)3-8;1-8-4-2-6(3-5-8)7(9)10;;;;;;;;/h2-3,8-10,12-14,17,27H,4-7,11,15H2,1H3;2-3,8-10,12-15,17H,4-7,11H2,1H3;2-3,8-9,11-12H,4-7,10H2,1H3;6-8H,1-5H3;1-5H,(H2,11,12);6H,2-5H2,1H3,(H,9,10);3*1H4;1H3;;;;/q;;;;;;;;;-1;;+1;;-1. The van der Waals surface area contributed by atoms with Crippen LogP contribution in [0.25, 0.3) is 65.3 Å². The number of benzene rings is 4. The molecule has 16 rings (SSSR count). The number of hydrogen-bond donors (Lipinski definition) is 3. The van der Waals surface area contributed by atoms with Gasteiger partial charge in [-0.2, -0.15) is 0 Å². The first-order valence-corrected chi connectivity index (χ1v) is 41.2. The normalized spacial score (nSPS) is 16.0. The van der Waals surface area contributed by atoms with E-state index in [1.165, 1.54) is 0 Å². The summed E-state index contributed by atoms with van der Waals surface area (Å²) in [6.07, 6.45) is 26.9. The molecule has 0 unspecified atom stereocenters. The van der Waals surface area contributed by atoms with Crippen LogP contribution in [-0.4, -0.2) is 209 Å². The maximum atomic E-state index is 12.7. The van der Waals surface area contributed by atoms with Gasteiger partial charge in [0.05, 0.1) is 37.0 Å². The zero-order valence-corrected chi connectivity index (χ0v) is 77.4. The first-order chi connectivity index (χ1) is 55.7. The van der Waals surface area contributed by atoms with Gasteiger partial charge in [-0.15, -0.1) is 0 Å². The van der Waals surface area contributed by atoms with Crippen molar-refractivity contribution in [1.82, 2.24) is 54.5 Å². The maximum absolute atomic E-state index is 12.7. The van der Waals surface area contributed by atoms with Crippen LogP contribution in [0, 0.1) is 31.1 Å². The summed E-state index contributed by atoms with van der Waals surface area (Å²) in [6, 6.07) is 37.9. The summed E-state index contributed by atoms with van der Waals surface area (Å²) in [6.45, 7) is 15.9. The van der Waals surface area contributed by atoms with Crippen molar-refractivity contribution in [2.45, 2.75) is 138 Å². The maximum Gasteiger partial charge on any atom is 1.00 e. The number of Topliss-reactive ketones (excluding diaryl/α,β-unsaturated/α-hetero) is 3. The third-order valence-corrected chi connectivity index (χ3v) is 23.7. The number of aldehydes is 1. The molecule has 648 valence electrons. The quantitative estimate of drug-likeness (QED) is 0.0460. The smallest absolute Gasteiger partial charge is 1.00 e. The van der Waals surface area contributed by atoms with Crippen LogP contribution in [0.2, 0.25) is 0 Å². The van der Waals surface area contributed by atoms with Gasteiger partial charge in [0.1, 0.15) is 28.9 Å². The van der Waals surface area contributed by atoms with Crippen molar-refractivity contribution in [3.05, 3.63) is 222 Å². The predicted molar refractivity (Wildman–Crippen MR) is 499 cm³/mol. The van der Waals surface area contributed by atoms with Gasteiger partial charge in [0, 0.05) is 189 Å². The average Bonchev–Trinajstić information content (AvgIpc) is 1.62. The minimum Gasteiger partial charge on any atom is -1.00 e. The summed E-state index contributed by atoms with van der Waals surface area (Å²) < 4.78 is 19.1. The van der Waals surface area contributed by atoms with Crippen LogP contribution >= 0.6 is 31.9 Å². The first kappa shape index (κ1) is 107. The molecule has 4 N–H and O–H groups in total. The molecule has 5 aliphatic rings. The van der Waals surface area contributed by atoms with E-state index in [1.807, 2.05) is 150 Å². The van der Waals surface area contributed by atoms with Crippen LogP contribution in [-0.2, 0) is 72.9 Å². The van der Waals surface area contributed by atoms with Crippen LogP contribution in [0.3, 0.4) is 0 Å². The second kappa shape index (κ2) is 51.1. The number of aliphatic hydroxyl groups excluding tert-OH is 1. The van der Waals surface area contributed by atoms with E-state index in [0.717, 1.165) is 212 Å². The third kappa shape index (κ3) is 31.0. The van der Waals surface area contributed by atoms with Gasteiger partial charge in [0.15, 0.2) is 6.29 Å². The molecule has 11 aromatic rings. The van der Waals surface area contributed by atoms with Crippen LogP contribution in [0.5, 0.6) is 5.75 Å². The number of rotatable bonds is 16. The number of aliphatic hydroxyl groups is 1. The summed E-state index contributed by atoms with van der Waals surface area (Å²) >= 11 is 6.88. The minimum atomic E-state index is -0.631. The van der Waals surface area contributed by atoms with E-state index in [2.05, 4.69) is 126 Å². The molecular weight excluding hydrogens is 1720 g/mol. The number of piperidine rings is 4. The molecule has 5 aliphatic heterocycles. The number of likely N-dealkylation sites (tertiary alicyclic amines) is 4. The number of carbonyl (C=O) groups excluding carboxylic acids is 4. The number of pyridine rings is 7. The molecule has 0 saturated carbocycles. The Morgan fingerprint density at radius 3 is 1.24 bits per heavy atom. The van der Waals surface area contributed by atoms with Crippen molar-refractivity contribution in [1.29, 1.82) is 0 Å². The van der Waals surface area contributed by atoms with Crippen molar-refractivity contribution in [2.24, 2.45) is 23.7 Å². The second-order valence-electron chi connectivity index (χ2n) is 31.9. The molecule has 22 nitrogen and oxygen atoms in total. The van der Waals surface area contributed by atoms with Crippen LogP contribution < -0.4 is 45.5 Å². The first-order valence-electron chi connectivity index (χ1n) is 39.6. The third-order valence-electron chi connectivity index (χ3n) is 22.7. The Hall–Kier alpha value is -7.89. The van der Waals surface area contributed by atoms with Gasteiger partial charge in [-0.05, 0) is 277 Å². The summed E-state index contributed by atoms with van der Waals surface area (Å²) in [4.78, 5) is 98.1. The molecule has 0 spiro atoms. The van der Waals surface area contributed by atoms with E-state index in [4.69, 9.17) is 24.9 Å². The largest absolute Gasteiger partial charge is 1.00 e. The number of carbonyl (C=O) groups is 5. The summed E-state index contributed by atoms with van der Waals surface area (Å²) in [5, 5.41) is 26.6. The molecule has 4 aromatic carbocycles. The monoisotopic (exact) mass is 1840 g/mol. The number of ketones is 3. The molecule has 0 aliphatic carbocycles. The number of carboxylic acid groups (broad SMARTS) is 1. The van der Waals surface area contributed by atoms with Gasteiger partial charge < -0.3 is 58.4 Å². The van der Waals surface area contributed by atoms with E-state index < -0.39 is 5.97 Å². The zero-order valence-electron chi connectivity index (χ0n) is 71.8. The fourth-order valence-corrected chi connectivity index (χ4v) is 15.3. The predicted octanol–water partition coefficient (Wildman–Crippen LogP) is 13.7. The number of nitrogens with zero attached hydrogens (tertiary/aromatic N) is 11. The number of anilines is 1. The summed E-state index contributed by atoms with van der Waals surface area (Å²) in [5.74, 6) is 1.99. The SMILES string of the molecule is C.C.C.CN1CCC(C(=O)Cc2cc3cc(-c4cncc(C=O)c4)ccc3cn2)CC1.CN1CCC(C(=O)Cc2cc3cc(-c4cncc(CO)c4)ccc3cn2)CC1.CN1CCC(C(=O)Cc2cc3cc(Br)ccc3cn2)CC1.CN1CCC(C(=O)O)CC1.COc1cncc(B2OC(C)(C)C(C)(C)O2)c1.Nc1cc2cc(Br)ccc2cn1.[B].[CH3-].[H-].[Na+].[V]. The number of carboxylic acids is 1. The molecule has 28 heteroatoms. The number of aliphatic carboxylic acids is 1. The molecule has 12 heterocycles. The summed E-state index contributed by atoms with van der Waals surface area (Å²) in [5.41, 5.74) is 13.5. The minimum absolute atomic E-state index is 0. The van der Waals surface area contributed by atoms with Crippen LogP contribution in [0.4, 0.5) is 5.82 Å². The molecular formula is C95H121B2Br2N12NaO10V-. The molecule has 123 heavy (non-hydrogen) atoms.